The number of carbonyl (C=O) groups excluding carboxylic acids is 1. The molecule has 0 aromatic rings. The third-order valence-electron chi connectivity index (χ3n) is 2.80. The molecule has 13 heavy (non-hydrogen) atoms. The highest BCUT2D eigenvalue weighted by atomic mass is 16.5. The number of rotatable bonds is 4. The summed E-state index contributed by atoms with van der Waals surface area (Å²) in [4.78, 5) is 13.5. The molecule has 0 radical (unpaired) electrons. The molecule has 1 amide bonds. The van der Waals surface area contributed by atoms with E-state index in [1.54, 1.807) is 0 Å². The second-order valence-corrected chi connectivity index (χ2v) is 3.70. The van der Waals surface area contributed by atoms with Gasteiger partial charge in [-0.05, 0) is 20.0 Å². The van der Waals surface area contributed by atoms with Crippen LogP contribution < -0.4 is 5.32 Å². The number of hydrogen-bond acceptors (Lipinski definition) is 3. The van der Waals surface area contributed by atoms with Crippen LogP contribution in [0.1, 0.15) is 12.8 Å². The zero-order valence-corrected chi connectivity index (χ0v) is 7.95. The molecule has 0 spiro atoms. The number of hydrogen-bond donors (Lipinski definition) is 1. The Balaban J connectivity index is 1.83. The fraction of sp³-hybridized carbons (Fsp3) is 0.889. The van der Waals surface area contributed by atoms with E-state index in [1.807, 2.05) is 11.9 Å². The summed E-state index contributed by atoms with van der Waals surface area (Å²) >= 11 is 0. The van der Waals surface area contributed by atoms with Crippen molar-refractivity contribution < 1.29 is 9.53 Å². The molecule has 2 fully saturated rings. The average Bonchev–Trinajstić information content (AvgIpc) is 2.69. The summed E-state index contributed by atoms with van der Waals surface area (Å²) in [6.45, 7) is 2.60. The Morgan fingerprint density at radius 1 is 1.69 bits per heavy atom. The van der Waals surface area contributed by atoms with Gasteiger partial charge < -0.3 is 15.0 Å². The summed E-state index contributed by atoms with van der Waals surface area (Å²) in [7, 11) is 1.93. The number of nitrogens with one attached hydrogen (secondary N) is 1. The van der Waals surface area contributed by atoms with E-state index in [1.165, 1.54) is 0 Å². The van der Waals surface area contributed by atoms with E-state index in [0.29, 0.717) is 6.04 Å². The maximum absolute atomic E-state index is 11.5. The van der Waals surface area contributed by atoms with Crippen LogP contribution in [0.15, 0.2) is 0 Å². The van der Waals surface area contributed by atoms with Gasteiger partial charge in [0.2, 0.25) is 0 Å². The van der Waals surface area contributed by atoms with Crippen molar-refractivity contribution in [2.24, 2.45) is 0 Å². The maximum Gasteiger partial charge on any atom is 0.252 e. The molecule has 2 aliphatic heterocycles. The average molecular weight is 184 g/mol. The monoisotopic (exact) mass is 184 g/mol. The first-order valence-corrected chi connectivity index (χ1v) is 4.89. The van der Waals surface area contributed by atoms with Crippen LogP contribution >= 0.6 is 0 Å². The number of nitrogens with zero attached hydrogens (tertiary/aromatic N) is 1. The quantitative estimate of drug-likeness (QED) is 0.604. The molecule has 0 aromatic carbocycles. The summed E-state index contributed by atoms with van der Waals surface area (Å²) in [5.41, 5.74) is 0. The van der Waals surface area contributed by atoms with Gasteiger partial charge in [0, 0.05) is 13.0 Å². The molecule has 74 valence electrons. The largest absolute Gasteiger partial charge is 0.366 e. The molecule has 2 bridgehead atoms. The first kappa shape index (κ1) is 8.97. The Hall–Kier alpha value is -0.610. The summed E-state index contributed by atoms with van der Waals surface area (Å²) in [5.74, 6) is 0.201. The molecular weight excluding hydrogens is 168 g/mol. The van der Waals surface area contributed by atoms with Gasteiger partial charge >= 0.3 is 0 Å². The van der Waals surface area contributed by atoms with Crippen LogP contribution in [-0.4, -0.2) is 49.7 Å². The molecule has 2 rings (SSSR count). The molecule has 0 aromatic heterocycles. The van der Waals surface area contributed by atoms with Gasteiger partial charge in [0.25, 0.3) is 5.91 Å². The zero-order chi connectivity index (χ0) is 9.26. The van der Waals surface area contributed by atoms with E-state index in [-0.39, 0.29) is 12.0 Å². The fourth-order valence-electron chi connectivity index (χ4n) is 2.08. The van der Waals surface area contributed by atoms with E-state index in [0.717, 1.165) is 32.5 Å². The minimum absolute atomic E-state index is 0.111. The lowest BCUT2D eigenvalue weighted by Gasteiger charge is -2.26. The van der Waals surface area contributed by atoms with Crippen LogP contribution in [-0.2, 0) is 9.53 Å². The van der Waals surface area contributed by atoms with Crippen molar-refractivity contribution in [3.05, 3.63) is 0 Å². The van der Waals surface area contributed by atoms with Gasteiger partial charge in [-0.15, -0.1) is 0 Å². The van der Waals surface area contributed by atoms with Crippen LogP contribution in [0.2, 0.25) is 0 Å². The lowest BCUT2D eigenvalue weighted by atomic mass is 10.2. The lowest BCUT2D eigenvalue weighted by molar-refractivity contribution is -0.143. The number of ether oxygens (including phenoxy) is 1. The van der Waals surface area contributed by atoms with Crippen molar-refractivity contribution in [3.8, 4) is 0 Å². The third kappa shape index (κ3) is 1.56. The van der Waals surface area contributed by atoms with Crippen LogP contribution in [0.3, 0.4) is 0 Å². The van der Waals surface area contributed by atoms with Crippen LogP contribution in [0, 0.1) is 0 Å². The Morgan fingerprint density at radius 2 is 2.54 bits per heavy atom. The highest BCUT2D eigenvalue weighted by Gasteiger charge is 2.45. The minimum Gasteiger partial charge on any atom is -0.366 e. The van der Waals surface area contributed by atoms with E-state index >= 15 is 0 Å². The molecule has 0 saturated carbocycles. The highest BCUT2D eigenvalue weighted by Crippen LogP contribution is 2.28. The van der Waals surface area contributed by atoms with E-state index in [9.17, 15) is 4.79 Å². The second-order valence-electron chi connectivity index (χ2n) is 3.70. The number of morpholine rings is 1. The SMILES string of the molecule is CNCCCN1C(=O)C2CC1CO2. The number of fused-ring (bicyclic) bond motifs is 2. The first-order valence-electron chi connectivity index (χ1n) is 4.89. The predicted octanol–water partition coefficient (Wildman–Crippen LogP) is -0.404. The molecule has 2 unspecified atom stereocenters. The highest BCUT2D eigenvalue weighted by molar-refractivity contribution is 5.84. The van der Waals surface area contributed by atoms with Crippen LogP contribution in [0.5, 0.6) is 0 Å². The van der Waals surface area contributed by atoms with Crippen molar-refractivity contribution in [3.63, 3.8) is 0 Å². The van der Waals surface area contributed by atoms with Gasteiger partial charge in [0.15, 0.2) is 0 Å². The first-order chi connectivity index (χ1) is 6.33. The molecule has 1 N–H and O–H groups in total. The van der Waals surface area contributed by atoms with Gasteiger partial charge in [0.1, 0.15) is 6.10 Å². The number of amides is 1. The third-order valence-corrected chi connectivity index (χ3v) is 2.80. The minimum atomic E-state index is -0.111. The fourth-order valence-corrected chi connectivity index (χ4v) is 2.08. The van der Waals surface area contributed by atoms with Crippen LogP contribution in [0.4, 0.5) is 0 Å². The van der Waals surface area contributed by atoms with Crippen molar-refractivity contribution >= 4 is 5.91 Å². The molecule has 2 saturated heterocycles. The van der Waals surface area contributed by atoms with Gasteiger partial charge in [0.05, 0.1) is 12.6 Å². The lowest BCUT2D eigenvalue weighted by Crippen LogP contribution is -2.42. The van der Waals surface area contributed by atoms with Crippen molar-refractivity contribution in [2.45, 2.75) is 25.0 Å². The number of carbonyl (C=O) groups is 1. The van der Waals surface area contributed by atoms with Gasteiger partial charge in [-0.25, -0.2) is 0 Å². The Bertz CT molecular complexity index is 208. The normalized spacial score (nSPS) is 31.8. The van der Waals surface area contributed by atoms with Crippen molar-refractivity contribution in [1.82, 2.24) is 10.2 Å². The molecule has 4 nitrogen and oxygen atoms in total. The van der Waals surface area contributed by atoms with E-state index < -0.39 is 0 Å². The Labute approximate surface area is 78.2 Å². The molecule has 2 atom stereocenters. The summed E-state index contributed by atoms with van der Waals surface area (Å²) in [6.07, 6.45) is 1.84. The van der Waals surface area contributed by atoms with Crippen LogP contribution in [0.25, 0.3) is 0 Å². The smallest absolute Gasteiger partial charge is 0.252 e. The Kier molecular flexibility index (Phi) is 2.51. The van der Waals surface area contributed by atoms with Gasteiger partial charge in [-0.3, -0.25) is 4.79 Å². The standard InChI is InChI=1S/C9H16N2O2/c1-10-3-2-4-11-7-5-8(9(11)12)13-6-7/h7-8,10H,2-6H2,1H3. The van der Waals surface area contributed by atoms with Crippen molar-refractivity contribution in [1.29, 1.82) is 0 Å². The summed E-state index contributed by atoms with van der Waals surface area (Å²) in [5, 5.41) is 3.08. The molecular formula is C9H16N2O2. The zero-order valence-electron chi connectivity index (χ0n) is 7.95. The molecule has 0 aliphatic carbocycles. The van der Waals surface area contributed by atoms with Gasteiger partial charge in [-0.1, -0.05) is 0 Å². The summed E-state index contributed by atoms with van der Waals surface area (Å²) in [6, 6.07) is 0.370. The second kappa shape index (κ2) is 3.64. The molecule has 2 aliphatic rings. The maximum atomic E-state index is 11.5. The van der Waals surface area contributed by atoms with Gasteiger partial charge in [-0.2, -0.15) is 0 Å². The Morgan fingerprint density at radius 3 is 3.15 bits per heavy atom. The molecule has 4 heteroatoms. The topological polar surface area (TPSA) is 41.6 Å². The summed E-state index contributed by atoms with van der Waals surface area (Å²) < 4.78 is 5.29. The molecule has 2 heterocycles. The van der Waals surface area contributed by atoms with Crippen molar-refractivity contribution in [2.75, 3.05) is 26.7 Å². The number of likely N-dealkylation sites (tertiary alicyclic amines) is 1. The van der Waals surface area contributed by atoms with E-state index in [4.69, 9.17) is 4.74 Å². The predicted molar refractivity (Wildman–Crippen MR) is 48.4 cm³/mol. The van der Waals surface area contributed by atoms with E-state index in [2.05, 4.69) is 5.32 Å².